The molecule has 1 heterocycles. The van der Waals surface area contributed by atoms with Crippen molar-refractivity contribution in [2.75, 3.05) is 72.5 Å². The molecule has 0 saturated heterocycles. The maximum atomic E-state index is 10.9. The van der Waals surface area contributed by atoms with Crippen molar-refractivity contribution in [2.24, 2.45) is 4.99 Å². The third kappa shape index (κ3) is 50.1. The van der Waals surface area contributed by atoms with Gasteiger partial charge in [-0.2, -0.15) is 0 Å². The number of nitrogens with zero attached hydrogens (tertiary/aromatic N) is 2. The van der Waals surface area contributed by atoms with E-state index in [-0.39, 0.29) is 38.4 Å². The predicted molar refractivity (Wildman–Crippen MR) is 227 cm³/mol. The molecule has 0 saturated carbocycles. The van der Waals surface area contributed by atoms with Gasteiger partial charge < -0.3 is 43.5 Å². The Labute approximate surface area is 344 Å². The quantitative estimate of drug-likeness (QED) is 0.0386. The molecule has 0 fully saturated rings. The molecule has 14 heteroatoms. The van der Waals surface area contributed by atoms with Crippen molar-refractivity contribution in [2.45, 2.75) is 125 Å². The highest BCUT2D eigenvalue weighted by Gasteiger charge is 2.09. The fourth-order valence-corrected chi connectivity index (χ4v) is 3.32. The molecule has 2 unspecified atom stereocenters. The van der Waals surface area contributed by atoms with Gasteiger partial charge in [-0.3, -0.25) is 4.99 Å². The van der Waals surface area contributed by atoms with Gasteiger partial charge in [-0.25, -0.2) is 19.2 Å². The van der Waals surface area contributed by atoms with Crippen molar-refractivity contribution < 1.29 is 57.8 Å². The number of rotatable bonds is 27. The molecule has 1 aliphatic rings. The van der Waals surface area contributed by atoms with E-state index in [0.29, 0.717) is 37.6 Å². The van der Waals surface area contributed by atoms with Crippen LogP contribution in [-0.2, 0) is 47.6 Å². The average Bonchev–Trinajstić information content (AvgIpc) is 3.73. The zero-order chi connectivity index (χ0) is 44.1. The van der Waals surface area contributed by atoms with E-state index in [2.05, 4.69) is 73.4 Å². The lowest BCUT2D eigenvalue weighted by molar-refractivity contribution is -0.143. The van der Waals surface area contributed by atoms with Crippen LogP contribution in [0.15, 0.2) is 54.6 Å². The minimum Gasteiger partial charge on any atom is -0.463 e. The van der Waals surface area contributed by atoms with E-state index >= 15 is 0 Å². The Hall–Kier alpha value is -3.85. The van der Waals surface area contributed by atoms with E-state index in [1.54, 1.807) is 13.8 Å². The Morgan fingerprint density at radius 2 is 1.04 bits per heavy atom. The summed E-state index contributed by atoms with van der Waals surface area (Å²) in [4.78, 5) is 49.0. The first-order valence-electron chi connectivity index (χ1n) is 20.2. The van der Waals surface area contributed by atoms with Crippen molar-refractivity contribution in [3.05, 3.63) is 49.6 Å². The first-order valence-corrected chi connectivity index (χ1v) is 20.2. The van der Waals surface area contributed by atoms with Gasteiger partial charge in [-0.1, -0.05) is 93.0 Å². The molecule has 0 aromatic carbocycles. The normalized spacial score (nSPS) is 11.8. The van der Waals surface area contributed by atoms with Crippen molar-refractivity contribution in [1.29, 1.82) is 0 Å². The van der Waals surface area contributed by atoms with Crippen LogP contribution in [0.2, 0.25) is 0 Å². The summed E-state index contributed by atoms with van der Waals surface area (Å²) in [7, 11) is 0. The summed E-state index contributed by atoms with van der Waals surface area (Å²) in [6.07, 6.45) is 13.3. The molecule has 0 bridgehead atoms. The molecule has 2 N–H and O–H groups in total. The van der Waals surface area contributed by atoms with Crippen molar-refractivity contribution in [3.63, 3.8) is 0 Å². The Morgan fingerprint density at radius 3 is 1.44 bits per heavy atom. The third-order valence-electron chi connectivity index (χ3n) is 6.79. The number of ether oxygens (including phenoxy) is 6. The highest BCUT2D eigenvalue weighted by atomic mass is 16.6. The van der Waals surface area contributed by atoms with Crippen LogP contribution in [0, 0.1) is 0 Å². The van der Waals surface area contributed by atoms with Crippen LogP contribution in [0.5, 0.6) is 0 Å². The number of esters is 4. The summed E-state index contributed by atoms with van der Waals surface area (Å²) in [6.45, 7) is 33.0. The second kappa shape index (κ2) is 46.5. The van der Waals surface area contributed by atoms with Crippen LogP contribution in [-0.4, -0.2) is 130 Å². The number of aliphatic imine (C=N–C) groups is 1. The van der Waals surface area contributed by atoms with Crippen molar-refractivity contribution >= 4 is 30.2 Å². The lowest BCUT2D eigenvalue weighted by atomic mass is 10.3. The summed E-state index contributed by atoms with van der Waals surface area (Å²) in [5, 5.41) is 18.6. The molecule has 0 radical (unpaired) electrons. The summed E-state index contributed by atoms with van der Waals surface area (Å²) < 4.78 is 29.2. The van der Waals surface area contributed by atoms with Crippen LogP contribution < -0.4 is 0 Å². The molecule has 0 amide bonds. The molecule has 14 nitrogen and oxygen atoms in total. The molecule has 332 valence electrons. The Morgan fingerprint density at radius 1 is 0.632 bits per heavy atom. The third-order valence-corrected chi connectivity index (χ3v) is 6.79. The van der Waals surface area contributed by atoms with E-state index in [1.807, 2.05) is 13.3 Å². The summed E-state index contributed by atoms with van der Waals surface area (Å²) in [6, 6.07) is 0. The van der Waals surface area contributed by atoms with Gasteiger partial charge in [-0.15, -0.1) is 0 Å². The van der Waals surface area contributed by atoms with E-state index in [0.717, 1.165) is 70.5 Å². The number of carbonyl (C=O) groups excluding carboxylic acids is 4. The highest BCUT2D eigenvalue weighted by molar-refractivity contribution is 5.87. The van der Waals surface area contributed by atoms with E-state index in [4.69, 9.17) is 18.9 Å². The molecule has 1 rings (SSSR count). The van der Waals surface area contributed by atoms with Gasteiger partial charge in [0.25, 0.3) is 0 Å². The Balaban J connectivity index is -0.000000313. The fourth-order valence-electron chi connectivity index (χ4n) is 3.32. The molecular formula is C43H78N2O12. The molecule has 0 spiro atoms. The molecule has 0 aromatic heterocycles. The number of hydrogen-bond donors (Lipinski definition) is 2. The predicted octanol–water partition coefficient (Wildman–Crippen LogP) is 6.73. The highest BCUT2D eigenvalue weighted by Crippen LogP contribution is 1.98. The standard InChI is InChI=1S/C11H20O4.C10H18O4.C8H14O2.C7H14N2.C7H12O2/c1-4-5-6-14-7-10(12)8-15-11(13)9(2)3;1-3-5-6-13-7-9(11)8-14-10(12)4-2;1-4-5-6-10-8(9)7(2)3;1-2-3-5-9-6-4-8-7-9;1-3-5-6-9-7(8)4-2/h10,12H,2,4-8H2,1,3H3;4,9,11H,2-3,5-8H2,1H3;2,4-6H2,1,3H3;7H,2-6H2,1H3;4H,2-3,5-6H2,1H3. The van der Waals surface area contributed by atoms with Crippen LogP contribution in [0.4, 0.5) is 0 Å². The monoisotopic (exact) mass is 815 g/mol. The maximum Gasteiger partial charge on any atom is 0.333 e. The lowest BCUT2D eigenvalue weighted by Gasteiger charge is -2.11. The molecular weight excluding hydrogens is 736 g/mol. The second-order valence-electron chi connectivity index (χ2n) is 12.8. The largest absolute Gasteiger partial charge is 0.463 e. The SMILES string of the molecule is C=C(C)C(=O)OCC(O)COCCCC.C=C(C)C(=O)OCCCC.C=CC(=O)OCC(O)COCCCC.C=CC(=O)OCCCC.CCCCN1C=NCC1. The molecule has 1 aliphatic heterocycles. The molecule has 2 atom stereocenters. The minimum atomic E-state index is -0.759. The van der Waals surface area contributed by atoms with E-state index < -0.39 is 24.1 Å². The molecule has 0 aliphatic carbocycles. The molecule has 57 heavy (non-hydrogen) atoms. The van der Waals surface area contributed by atoms with Gasteiger partial charge in [0.05, 0.1) is 39.3 Å². The maximum absolute atomic E-state index is 10.9. The number of hydrogen-bond acceptors (Lipinski definition) is 14. The van der Waals surface area contributed by atoms with Crippen LogP contribution in [0.3, 0.4) is 0 Å². The van der Waals surface area contributed by atoms with Crippen molar-refractivity contribution in [1.82, 2.24) is 4.90 Å². The second-order valence-corrected chi connectivity index (χ2v) is 12.8. The Bertz CT molecular complexity index is 1080. The topological polar surface area (TPSA) is 180 Å². The first-order chi connectivity index (χ1) is 27.2. The zero-order valence-corrected chi connectivity index (χ0v) is 36.4. The average molecular weight is 815 g/mol. The smallest absolute Gasteiger partial charge is 0.333 e. The number of aliphatic hydroxyl groups excluding tert-OH is 2. The van der Waals surface area contributed by atoms with Crippen LogP contribution >= 0.6 is 0 Å². The van der Waals surface area contributed by atoms with Crippen LogP contribution in [0.25, 0.3) is 0 Å². The van der Waals surface area contributed by atoms with Crippen molar-refractivity contribution in [3.8, 4) is 0 Å². The van der Waals surface area contributed by atoms with Crippen LogP contribution in [0.1, 0.15) is 113 Å². The molecule has 0 aromatic rings. The first kappa shape index (κ1) is 59.8. The van der Waals surface area contributed by atoms with Gasteiger partial charge in [0.2, 0.25) is 0 Å². The minimum absolute atomic E-state index is 0.0438. The Kier molecular flexibility index (Phi) is 48.8. The van der Waals surface area contributed by atoms with Gasteiger partial charge in [0.1, 0.15) is 25.4 Å². The summed E-state index contributed by atoms with van der Waals surface area (Å²) in [5.74, 6) is -1.63. The van der Waals surface area contributed by atoms with Gasteiger partial charge in [0, 0.05) is 49.6 Å². The van der Waals surface area contributed by atoms with E-state index in [9.17, 15) is 29.4 Å². The number of aliphatic hydroxyl groups is 2. The van der Waals surface area contributed by atoms with Gasteiger partial charge in [-0.05, 0) is 46.0 Å². The fraction of sp³-hybridized carbons (Fsp3) is 0.698. The lowest BCUT2D eigenvalue weighted by Crippen LogP contribution is -2.24. The summed E-state index contributed by atoms with van der Waals surface area (Å²) in [5.41, 5.74) is 0.796. The number of unbranched alkanes of at least 4 members (excludes halogenated alkanes) is 5. The summed E-state index contributed by atoms with van der Waals surface area (Å²) >= 11 is 0. The van der Waals surface area contributed by atoms with Gasteiger partial charge in [0.15, 0.2) is 0 Å². The van der Waals surface area contributed by atoms with E-state index in [1.165, 1.54) is 25.5 Å². The zero-order valence-electron chi connectivity index (χ0n) is 36.4. The number of carbonyl (C=O) groups is 4. The van der Waals surface area contributed by atoms with Gasteiger partial charge >= 0.3 is 23.9 Å².